The lowest BCUT2D eigenvalue weighted by Crippen LogP contribution is -2.21. The van der Waals surface area contributed by atoms with Crippen molar-refractivity contribution in [3.63, 3.8) is 0 Å². The molecule has 0 bridgehead atoms. The molecule has 0 spiro atoms. The van der Waals surface area contributed by atoms with Gasteiger partial charge in [0.2, 0.25) is 0 Å². The summed E-state index contributed by atoms with van der Waals surface area (Å²) in [5, 5.41) is 10.3. The number of carboxylic acid groups (broad SMARTS) is 1. The van der Waals surface area contributed by atoms with Crippen molar-refractivity contribution in [3.8, 4) is 0 Å². The minimum Gasteiger partial charge on any atom is -0.550 e. The second kappa shape index (κ2) is 20.5. The van der Waals surface area contributed by atoms with Crippen LogP contribution in [-0.4, -0.2) is 5.97 Å². The first kappa shape index (κ1) is 23.4. The van der Waals surface area contributed by atoms with Gasteiger partial charge in [-0.25, -0.2) is 0 Å². The van der Waals surface area contributed by atoms with Gasteiger partial charge in [0, 0.05) is 5.97 Å². The molecule has 0 radical (unpaired) electrons. The highest BCUT2D eigenvalue weighted by atomic mass is 16.4. The first-order chi connectivity index (χ1) is 12.3. The van der Waals surface area contributed by atoms with Crippen LogP contribution in [0.2, 0.25) is 0 Å². The fourth-order valence-electron chi connectivity index (χ4n) is 2.45. The van der Waals surface area contributed by atoms with Crippen LogP contribution in [0.5, 0.6) is 0 Å². The minimum atomic E-state index is -0.930. The quantitative estimate of drug-likeness (QED) is 0.238. The zero-order valence-electron chi connectivity index (χ0n) is 16.1. The van der Waals surface area contributed by atoms with Crippen molar-refractivity contribution in [3.05, 3.63) is 48.6 Å². The molecule has 142 valence electrons. The fourth-order valence-corrected chi connectivity index (χ4v) is 2.45. The molecule has 0 aromatic carbocycles. The van der Waals surface area contributed by atoms with Crippen molar-refractivity contribution in [1.29, 1.82) is 0 Å². The lowest BCUT2D eigenvalue weighted by Gasteiger charge is -2.00. The number of carboxylic acids is 1. The zero-order chi connectivity index (χ0) is 18.4. The maximum absolute atomic E-state index is 10.3. The van der Waals surface area contributed by atoms with Gasteiger partial charge >= 0.3 is 0 Å². The maximum Gasteiger partial charge on any atom is 0.0414 e. The average Bonchev–Trinajstić information content (AvgIpc) is 2.60. The number of carbonyl (C=O) groups is 1. The summed E-state index contributed by atoms with van der Waals surface area (Å²) in [6, 6.07) is 0. The lowest BCUT2D eigenvalue weighted by atomic mass is 10.1. The van der Waals surface area contributed by atoms with Gasteiger partial charge in [-0.3, -0.25) is 0 Å². The van der Waals surface area contributed by atoms with Gasteiger partial charge in [-0.05, 0) is 57.8 Å². The van der Waals surface area contributed by atoms with E-state index >= 15 is 0 Å². The minimum absolute atomic E-state index is 0.199. The summed E-state index contributed by atoms with van der Waals surface area (Å²) in [7, 11) is 0. The van der Waals surface area contributed by atoms with E-state index in [2.05, 4.69) is 55.5 Å². The van der Waals surface area contributed by atoms with Crippen molar-refractivity contribution in [2.24, 2.45) is 0 Å². The van der Waals surface area contributed by atoms with Gasteiger partial charge in [-0.1, -0.05) is 81.2 Å². The Hall–Kier alpha value is -1.57. The van der Waals surface area contributed by atoms with Crippen LogP contribution in [0, 0.1) is 0 Å². The third-order valence-electron chi connectivity index (χ3n) is 3.96. The number of carbonyl (C=O) groups excluding carboxylic acids is 1. The van der Waals surface area contributed by atoms with E-state index in [0.717, 1.165) is 51.4 Å². The normalized spacial score (nSPS) is 12.4. The highest BCUT2D eigenvalue weighted by molar-refractivity contribution is 5.64. The molecule has 0 saturated carbocycles. The van der Waals surface area contributed by atoms with E-state index < -0.39 is 5.97 Å². The number of hydrogen-bond acceptors (Lipinski definition) is 2. The molecule has 0 saturated heterocycles. The largest absolute Gasteiger partial charge is 0.550 e. The summed E-state index contributed by atoms with van der Waals surface area (Å²) in [6.07, 6.45) is 31.3. The molecule has 0 heterocycles. The molecule has 0 aliphatic carbocycles. The van der Waals surface area contributed by atoms with Crippen molar-refractivity contribution in [1.82, 2.24) is 0 Å². The van der Waals surface area contributed by atoms with Crippen molar-refractivity contribution >= 4 is 5.97 Å². The van der Waals surface area contributed by atoms with E-state index in [0.29, 0.717) is 0 Å². The van der Waals surface area contributed by atoms with E-state index in [4.69, 9.17) is 0 Å². The van der Waals surface area contributed by atoms with Crippen molar-refractivity contribution in [2.45, 2.75) is 90.4 Å². The van der Waals surface area contributed by atoms with E-state index in [1.807, 2.05) is 0 Å². The Bertz CT molecular complexity index is 402. The molecule has 0 unspecified atom stereocenters. The third-order valence-corrected chi connectivity index (χ3v) is 3.96. The Morgan fingerprint density at radius 2 is 1.08 bits per heavy atom. The first-order valence-electron chi connectivity index (χ1n) is 10.1. The lowest BCUT2D eigenvalue weighted by molar-refractivity contribution is -0.305. The molecule has 0 aliphatic heterocycles. The predicted molar refractivity (Wildman–Crippen MR) is 107 cm³/mol. The Balaban J connectivity index is 3.36. The average molecular weight is 346 g/mol. The van der Waals surface area contributed by atoms with Gasteiger partial charge in [-0.2, -0.15) is 0 Å². The van der Waals surface area contributed by atoms with E-state index in [-0.39, 0.29) is 6.42 Å². The van der Waals surface area contributed by atoms with E-state index in [1.54, 1.807) is 0 Å². The summed E-state index contributed by atoms with van der Waals surface area (Å²) in [5.74, 6) is -0.930. The summed E-state index contributed by atoms with van der Waals surface area (Å²) >= 11 is 0. The first-order valence-corrected chi connectivity index (χ1v) is 10.1. The maximum atomic E-state index is 10.3. The van der Waals surface area contributed by atoms with Gasteiger partial charge in [0.15, 0.2) is 0 Å². The monoisotopic (exact) mass is 345 g/mol. The van der Waals surface area contributed by atoms with E-state index in [9.17, 15) is 9.90 Å². The van der Waals surface area contributed by atoms with Crippen LogP contribution in [0.15, 0.2) is 48.6 Å². The molecule has 25 heavy (non-hydrogen) atoms. The SMILES string of the molecule is CCCCC/C=C\C/C=C\C/C=C\C/C=C\CCCCCCC(=O)[O-]. The van der Waals surface area contributed by atoms with Crippen LogP contribution in [0.25, 0.3) is 0 Å². The topological polar surface area (TPSA) is 40.1 Å². The van der Waals surface area contributed by atoms with Crippen molar-refractivity contribution in [2.75, 3.05) is 0 Å². The second-order valence-corrected chi connectivity index (χ2v) is 6.41. The summed E-state index contributed by atoms with van der Waals surface area (Å²) in [5.41, 5.74) is 0. The molecule has 0 aromatic rings. The highest BCUT2D eigenvalue weighted by Gasteiger charge is 1.89. The van der Waals surface area contributed by atoms with Crippen LogP contribution in [-0.2, 0) is 4.79 Å². The summed E-state index contributed by atoms with van der Waals surface area (Å²) < 4.78 is 0. The second-order valence-electron chi connectivity index (χ2n) is 6.41. The van der Waals surface area contributed by atoms with Crippen LogP contribution in [0.1, 0.15) is 90.4 Å². The van der Waals surface area contributed by atoms with Crippen LogP contribution < -0.4 is 5.11 Å². The molecule has 0 fully saturated rings. The standard InChI is InChI=1S/C23H38O2/c1-2-3-4-5-6-7-8-9-10-11-12-13-14-15-16-17-18-19-20-21-22-23(24)25/h6-7,9-10,12-13,15-16H,2-5,8,11,14,17-22H2,1H3,(H,24,25)/p-1/b7-6-,10-9-,13-12-,16-15-. The molecule has 0 amide bonds. The number of unbranched alkanes of at least 4 members (excludes halogenated alkanes) is 7. The molecule has 0 atom stereocenters. The molecule has 2 nitrogen and oxygen atoms in total. The van der Waals surface area contributed by atoms with E-state index in [1.165, 1.54) is 25.7 Å². The number of aliphatic carboxylic acids is 1. The van der Waals surface area contributed by atoms with Gasteiger partial charge in [0.05, 0.1) is 0 Å². The summed E-state index contributed by atoms with van der Waals surface area (Å²) in [6.45, 7) is 2.24. The molecule has 2 heteroatoms. The molecule has 0 aromatic heterocycles. The predicted octanol–water partition coefficient (Wildman–Crippen LogP) is 6.05. The number of allylic oxidation sites excluding steroid dienone is 8. The van der Waals surface area contributed by atoms with Gasteiger partial charge in [0.1, 0.15) is 0 Å². The summed E-state index contributed by atoms with van der Waals surface area (Å²) in [4.78, 5) is 10.3. The van der Waals surface area contributed by atoms with Crippen LogP contribution in [0.3, 0.4) is 0 Å². The van der Waals surface area contributed by atoms with Crippen LogP contribution >= 0.6 is 0 Å². The fraction of sp³-hybridized carbons (Fsp3) is 0.609. The van der Waals surface area contributed by atoms with Crippen LogP contribution in [0.4, 0.5) is 0 Å². The number of hydrogen-bond donors (Lipinski definition) is 0. The Morgan fingerprint density at radius 1 is 0.640 bits per heavy atom. The highest BCUT2D eigenvalue weighted by Crippen LogP contribution is 2.06. The smallest absolute Gasteiger partial charge is 0.0414 e. The van der Waals surface area contributed by atoms with Gasteiger partial charge in [0.25, 0.3) is 0 Å². The van der Waals surface area contributed by atoms with Gasteiger partial charge < -0.3 is 9.90 Å². The molecule has 0 rings (SSSR count). The molecular weight excluding hydrogens is 308 g/mol. The third kappa shape index (κ3) is 22.4. The van der Waals surface area contributed by atoms with Crippen molar-refractivity contribution < 1.29 is 9.90 Å². The Morgan fingerprint density at radius 3 is 1.56 bits per heavy atom. The molecule has 0 N–H and O–H groups in total. The Labute approximate surface area is 155 Å². The van der Waals surface area contributed by atoms with Gasteiger partial charge in [-0.15, -0.1) is 0 Å². The zero-order valence-corrected chi connectivity index (χ0v) is 16.1. The number of rotatable bonds is 17. The molecule has 0 aliphatic rings. The Kier molecular flexibility index (Phi) is 19.2. The molecular formula is C23H37O2-.